The second-order valence-electron chi connectivity index (χ2n) is 5.75. The van der Waals surface area contributed by atoms with Crippen molar-refractivity contribution >= 4 is 46.6 Å². The quantitative estimate of drug-likeness (QED) is 0.366. The van der Waals surface area contributed by atoms with Gasteiger partial charge in [-0.05, 0) is 24.3 Å². The zero-order valence-electron chi connectivity index (χ0n) is 14.5. The second-order valence-corrected chi connectivity index (χ2v) is 7.51. The number of carbonyl (C=O) groups is 1. The van der Waals surface area contributed by atoms with Gasteiger partial charge in [0, 0.05) is 11.3 Å². The van der Waals surface area contributed by atoms with Gasteiger partial charge in [0.1, 0.15) is 5.69 Å². The molecule has 3 aromatic rings. The monoisotopic (exact) mass is 457 g/mol. The van der Waals surface area contributed by atoms with Crippen LogP contribution in [0.3, 0.4) is 0 Å². The first-order valence-corrected chi connectivity index (χ1v) is 9.86. The van der Waals surface area contributed by atoms with Crippen molar-refractivity contribution in [3.8, 4) is 11.3 Å². The van der Waals surface area contributed by atoms with Crippen LogP contribution in [0, 0.1) is 0 Å². The van der Waals surface area contributed by atoms with Gasteiger partial charge in [-0.2, -0.15) is 13.2 Å². The molecule has 0 aliphatic carbocycles. The van der Waals surface area contributed by atoms with E-state index in [1.165, 1.54) is 12.1 Å². The Balaban J connectivity index is 1.77. The zero-order chi connectivity index (χ0) is 21.0. The number of hydrogen-bond acceptors (Lipinski definition) is 4. The molecule has 0 bridgehead atoms. The van der Waals surface area contributed by atoms with Crippen molar-refractivity contribution in [1.82, 2.24) is 9.97 Å². The van der Waals surface area contributed by atoms with Gasteiger partial charge < -0.3 is 5.32 Å². The molecule has 0 atom stereocenters. The van der Waals surface area contributed by atoms with Crippen molar-refractivity contribution in [2.75, 3.05) is 11.1 Å². The molecule has 10 heteroatoms. The number of aromatic nitrogens is 2. The third-order valence-electron chi connectivity index (χ3n) is 3.60. The van der Waals surface area contributed by atoms with Gasteiger partial charge in [0.05, 0.1) is 21.5 Å². The minimum Gasteiger partial charge on any atom is -0.325 e. The largest absolute Gasteiger partial charge is 0.433 e. The second kappa shape index (κ2) is 9.02. The summed E-state index contributed by atoms with van der Waals surface area (Å²) in [5, 5.41) is 3.05. The molecule has 0 aliphatic rings. The highest BCUT2D eigenvalue weighted by atomic mass is 35.5. The van der Waals surface area contributed by atoms with Gasteiger partial charge in [-0.1, -0.05) is 65.3 Å². The van der Waals surface area contributed by atoms with E-state index in [9.17, 15) is 18.0 Å². The smallest absolute Gasteiger partial charge is 0.325 e. The number of amides is 1. The van der Waals surface area contributed by atoms with E-state index < -0.39 is 17.8 Å². The Morgan fingerprint density at radius 1 is 1.00 bits per heavy atom. The van der Waals surface area contributed by atoms with E-state index in [1.54, 1.807) is 36.4 Å². The lowest BCUT2D eigenvalue weighted by Gasteiger charge is -2.11. The Morgan fingerprint density at radius 3 is 2.38 bits per heavy atom. The molecule has 3 rings (SSSR count). The fourth-order valence-corrected chi connectivity index (χ4v) is 3.25. The molecule has 2 aromatic carbocycles. The van der Waals surface area contributed by atoms with Gasteiger partial charge in [-0.25, -0.2) is 9.97 Å². The maximum Gasteiger partial charge on any atom is 0.433 e. The van der Waals surface area contributed by atoms with Crippen LogP contribution in [0.2, 0.25) is 10.0 Å². The number of benzene rings is 2. The summed E-state index contributed by atoms with van der Waals surface area (Å²) in [5.74, 6) is -0.633. The third kappa shape index (κ3) is 5.85. The summed E-state index contributed by atoms with van der Waals surface area (Å²) in [6.07, 6.45) is -4.63. The lowest BCUT2D eigenvalue weighted by atomic mass is 10.1. The molecule has 150 valence electrons. The predicted molar refractivity (Wildman–Crippen MR) is 108 cm³/mol. The van der Waals surface area contributed by atoms with E-state index in [-0.39, 0.29) is 21.6 Å². The number of nitrogens with zero attached hydrogens (tertiary/aromatic N) is 2. The topological polar surface area (TPSA) is 54.9 Å². The molecule has 1 heterocycles. The number of rotatable bonds is 5. The van der Waals surface area contributed by atoms with Gasteiger partial charge >= 0.3 is 6.18 Å². The molecular weight excluding hydrogens is 446 g/mol. The highest BCUT2D eigenvalue weighted by Gasteiger charge is 2.34. The summed E-state index contributed by atoms with van der Waals surface area (Å²) in [5.41, 5.74) is -0.0125. The summed E-state index contributed by atoms with van der Waals surface area (Å²) in [7, 11) is 0. The number of nitrogens with one attached hydrogen (secondary N) is 1. The minimum atomic E-state index is -4.63. The summed E-state index contributed by atoms with van der Waals surface area (Å²) in [6.45, 7) is 0. The highest BCUT2D eigenvalue weighted by molar-refractivity contribution is 7.99. The number of thioether (sulfide) groups is 1. The van der Waals surface area contributed by atoms with Crippen LogP contribution < -0.4 is 5.32 Å². The van der Waals surface area contributed by atoms with E-state index in [1.807, 2.05) is 0 Å². The number of halogens is 5. The molecule has 29 heavy (non-hydrogen) atoms. The molecule has 4 nitrogen and oxygen atoms in total. The van der Waals surface area contributed by atoms with Crippen molar-refractivity contribution in [1.29, 1.82) is 0 Å². The molecule has 0 unspecified atom stereocenters. The molecule has 1 aromatic heterocycles. The Bertz CT molecular complexity index is 1030. The van der Waals surface area contributed by atoms with Crippen molar-refractivity contribution in [2.24, 2.45) is 0 Å². The van der Waals surface area contributed by atoms with Gasteiger partial charge in [0.25, 0.3) is 0 Å². The summed E-state index contributed by atoms with van der Waals surface area (Å²) in [4.78, 5) is 19.8. The first kappa shape index (κ1) is 21.4. The maximum atomic E-state index is 13.2. The van der Waals surface area contributed by atoms with E-state index in [2.05, 4.69) is 15.3 Å². The van der Waals surface area contributed by atoms with Gasteiger partial charge in [-0.15, -0.1) is 0 Å². The van der Waals surface area contributed by atoms with Gasteiger partial charge in [0.15, 0.2) is 5.16 Å². The molecule has 1 amide bonds. The van der Waals surface area contributed by atoms with Crippen LogP contribution >= 0.6 is 35.0 Å². The van der Waals surface area contributed by atoms with Crippen LogP contribution in [-0.2, 0) is 11.0 Å². The Morgan fingerprint density at radius 2 is 1.72 bits per heavy atom. The molecule has 0 spiro atoms. The fraction of sp³-hybridized carbons (Fsp3) is 0.105. The van der Waals surface area contributed by atoms with E-state index in [0.29, 0.717) is 16.3 Å². The molecule has 0 saturated carbocycles. The molecule has 0 fully saturated rings. The van der Waals surface area contributed by atoms with Crippen molar-refractivity contribution in [3.05, 3.63) is 70.3 Å². The van der Waals surface area contributed by atoms with Crippen LogP contribution in [0.15, 0.2) is 59.8 Å². The standard InChI is InChI=1S/C19H12Cl2F3N3OS/c20-13-7-6-12(8-14(13)21)25-17(28)10-29-18-26-15(11-4-2-1-3-5-11)9-16(27-18)19(22,23)24/h1-9H,10H2,(H,25,28). The lowest BCUT2D eigenvalue weighted by Crippen LogP contribution is -2.15. The molecule has 0 radical (unpaired) electrons. The maximum absolute atomic E-state index is 13.2. The Labute approximate surface area is 178 Å². The van der Waals surface area contributed by atoms with Gasteiger partial charge in [0.2, 0.25) is 5.91 Å². The summed E-state index contributed by atoms with van der Waals surface area (Å²) >= 11 is 12.5. The first-order valence-electron chi connectivity index (χ1n) is 8.12. The van der Waals surface area contributed by atoms with Crippen LogP contribution in [0.25, 0.3) is 11.3 Å². The first-order chi connectivity index (χ1) is 13.7. The summed E-state index contributed by atoms with van der Waals surface area (Å²) < 4.78 is 39.7. The number of hydrogen-bond donors (Lipinski definition) is 1. The minimum absolute atomic E-state index is 0.125. The fourth-order valence-electron chi connectivity index (χ4n) is 2.29. The number of carbonyl (C=O) groups excluding carboxylic acids is 1. The Hall–Kier alpha value is -2.29. The van der Waals surface area contributed by atoms with Crippen LogP contribution in [-0.4, -0.2) is 21.6 Å². The van der Waals surface area contributed by atoms with Crippen molar-refractivity contribution in [2.45, 2.75) is 11.3 Å². The normalized spacial score (nSPS) is 11.3. The lowest BCUT2D eigenvalue weighted by molar-refractivity contribution is -0.141. The highest BCUT2D eigenvalue weighted by Crippen LogP contribution is 2.32. The van der Waals surface area contributed by atoms with Crippen LogP contribution in [0.1, 0.15) is 5.69 Å². The van der Waals surface area contributed by atoms with Crippen molar-refractivity contribution in [3.63, 3.8) is 0 Å². The average molecular weight is 458 g/mol. The predicted octanol–water partition coefficient (Wildman–Crippen LogP) is 6.20. The number of anilines is 1. The molecule has 0 aliphatic heterocycles. The average Bonchev–Trinajstić information content (AvgIpc) is 2.69. The molecular formula is C19H12Cl2F3N3OS. The molecule has 0 saturated heterocycles. The zero-order valence-corrected chi connectivity index (χ0v) is 16.8. The van der Waals surface area contributed by atoms with E-state index in [4.69, 9.17) is 23.2 Å². The van der Waals surface area contributed by atoms with Crippen LogP contribution in [0.4, 0.5) is 18.9 Å². The summed E-state index contributed by atoms with van der Waals surface area (Å²) in [6, 6.07) is 13.9. The SMILES string of the molecule is O=C(CSc1nc(-c2ccccc2)cc(C(F)(F)F)n1)Nc1ccc(Cl)c(Cl)c1. The third-order valence-corrected chi connectivity index (χ3v) is 5.19. The van der Waals surface area contributed by atoms with Gasteiger partial charge in [-0.3, -0.25) is 4.79 Å². The van der Waals surface area contributed by atoms with Crippen molar-refractivity contribution < 1.29 is 18.0 Å². The molecule has 1 N–H and O–H groups in total. The Kier molecular flexibility index (Phi) is 6.66. The van der Waals surface area contributed by atoms with E-state index >= 15 is 0 Å². The number of alkyl halides is 3. The van der Waals surface area contributed by atoms with E-state index in [0.717, 1.165) is 17.8 Å². The van der Waals surface area contributed by atoms with Crippen LogP contribution in [0.5, 0.6) is 0 Å².